The van der Waals surface area contributed by atoms with Crippen LogP contribution in [0.2, 0.25) is 0 Å². The normalized spacial score (nSPS) is 17.8. The van der Waals surface area contributed by atoms with Crippen LogP contribution in [0.3, 0.4) is 0 Å². The van der Waals surface area contributed by atoms with E-state index in [2.05, 4.69) is 26.2 Å². The zero-order valence-corrected chi connectivity index (χ0v) is 11.5. The summed E-state index contributed by atoms with van der Waals surface area (Å²) in [6.45, 7) is 1.53. The van der Waals surface area contributed by atoms with E-state index >= 15 is 0 Å². The maximum absolute atomic E-state index is 5.82. The van der Waals surface area contributed by atoms with Crippen LogP contribution in [-0.4, -0.2) is 39.2 Å². The maximum Gasteiger partial charge on any atom is 0.0932 e. The van der Waals surface area contributed by atoms with Crippen LogP contribution < -0.4 is 0 Å². The van der Waals surface area contributed by atoms with E-state index in [0.29, 0.717) is 6.10 Å². The first-order valence-corrected chi connectivity index (χ1v) is 7.80. The molecule has 0 atom stereocenters. The van der Waals surface area contributed by atoms with E-state index in [-0.39, 0.29) is 0 Å². The van der Waals surface area contributed by atoms with Crippen molar-refractivity contribution in [2.45, 2.75) is 30.8 Å². The Morgan fingerprint density at radius 2 is 2.31 bits per heavy atom. The topological polar surface area (TPSA) is 39.9 Å². The molecule has 0 radical (unpaired) electrons. The Morgan fingerprint density at radius 1 is 1.50 bits per heavy atom. The average Bonchev–Trinajstić information content (AvgIpc) is 2.78. The van der Waals surface area contributed by atoms with Crippen LogP contribution in [0.25, 0.3) is 0 Å². The predicted octanol–water partition coefficient (Wildman–Crippen LogP) is 2.09. The van der Waals surface area contributed by atoms with Gasteiger partial charge in [0.15, 0.2) is 0 Å². The Labute approximate surface area is 108 Å². The highest BCUT2D eigenvalue weighted by molar-refractivity contribution is 9.08. The van der Waals surface area contributed by atoms with E-state index < -0.39 is 0 Å². The number of alkyl halides is 1. The summed E-state index contributed by atoms with van der Waals surface area (Å²) in [6, 6.07) is 0. The monoisotopic (exact) mass is 305 g/mol. The number of aromatic nitrogens is 3. The molecule has 0 aliphatic carbocycles. The zero-order chi connectivity index (χ0) is 11.2. The molecule has 2 rings (SSSR count). The molecule has 1 fully saturated rings. The number of rotatable bonds is 5. The fraction of sp³-hybridized carbons (Fsp3) is 0.800. The van der Waals surface area contributed by atoms with Gasteiger partial charge in [-0.05, 0) is 24.3 Å². The molecule has 0 saturated carbocycles. The van der Waals surface area contributed by atoms with Gasteiger partial charge >= 0.3 is 0 Å². The first-order chi connectivity index (χ1) is 7.88. The molecule has 0 N–H and O–H groups in total. The minimum atomic E-state index is 0.459. The Bertz CT molecular complexity index is 315. The molecule has 1 aliphatic rings. The number of halogens is 1. The molecule has 0 spiro atoms. The van der Waals surface area contributed by atoms with E-state index in [1.165, 1.54) is 24.3 Å². The second-order valence-electron chi connectivity index (χ2n) is 3.79. The van der Waals surface area contributed by atoms with Gasteiger partial charge in [0.1, 0.15) is 0 Å². The lowest BCUT2D eigenvalue weighted by Crippen LogP contribution is -2.21. The van der Waals surface area contributed by atoms with E-state index in [1.54, 1.807) is 0 Å². The highest BCUT2D eigenvalue weighted by Crippen LogP contribution is 2.19. The van der Waals surface area contributed by atoms with E-state index in [1.807, 2.05) is 22.6 Å². The van der Waals surface area contributed by atoms with Crippen molar-refractivity contribution >= 4 is 27.7 Å². The third-order valence-corrected chi connectivity index (χ3v) is 4.19. The largest absolute Gasteiger partial charge is 0.376 e. The Morgan fingerprint density at radius 3 is 3.00 bits per heavy atom. The zero-order valence-electron chi connectivity index (χ0n) is 9.14. The highest BCUT2D eigenvalue weighted by atomic mass is 79.9. The van der Waals surface area contributed by atoms with Crippen molar-refractivity contribution < 1.29 is 4.74 Å². The minimum absolute atomic E-state index is 0.459. The van der Waals surface area contributed by atoms with Crippen LogP contribution >= 0.6 is 27.7 Å². The van der Waals surface area contributed by atoms with Crippen molar-refractivity contribution in [3.8, 4) is 0 Å². The number of nitrogens with zero attached hydrogens (tertiary/aromatic N) is 3. The van der Waals surface area contributed by atoms with Crippen molar-refractivity contribution in [1.82, 2.24) is 15.0 Å². The third-order valence-electron chi connectivity index (χ3n) is 2.57. The van der Waals surface area contributed by atoms with Crippen LogP contribution in [0.5, 0.6) is 0 Å². The Balaban J connectivity index is 1.66. The predicted molar refractivity (Wildman–Crippen MR) is 69.0 cm³/mol. The van der Waals surface area contributed by atoms with Crippen molar-refractivity contribution in [2.24, 2.45) is 0 Å². The average molecular weight is 306 g/mol. The van der Waals surface area contributed by atoms with Gasteiger partial charge in [-0.15, -0.1) is 5.10 Å². The standard InChI is InChI=1S/C10H16BrN3OS/c11-7-9-8-14(13-12-9)3-4-15-10-1-5-16-6-2-10/h8,10H,1-7H2. The lowest BCUT2D eigenvalue weighted by Gasteiger charge is -2.21. The van der Waals surface area contributed by atoms with Crippen LogP contribution in [0.15, 0.2) is 6.20 Å². The summed E-state index contributed by atoms with van der Waals surface area (Å²) in [4.78, 5) is 0. The number of thioether (sulfide) groups is 1. The summed E-state index contributed by atoms with van der Waals surface area (Å²) >= 11 is 5.37. The molecular formula is C10H16BrN3OS. The molecule has 6 heteroatoms. The van der Waals surface area contributed by atoms with Gasteiger partial charge in [0.25, 0.3) is 0 Å². The fourth-order valence-corrected chi connectivity index (χ4v) is 2.98. The third kappa shape index (κ3) is 3.75. The quantitative estimate of drug-likeness (QED) is 0.781. The van der Waals surface area contributed by atoms with E-state index in [4.69, 9.17) is 4.74 Å². The maximum atomic E-state index is 5.82. The first kappa shape index (κ1) is 12.4. The van der Waals surface area contributed by atoms with Gasteiger partial charge < -0.3 is 4.74 Å². The summed E-state index contributed by atoms with van der Waals surface area (Å²) in [6.07, 6.45) is 4.79. The van der Waals surface area contributed by atoms with E-state index in [0.717, 1.165) is 24.2 Å². The van der Waals surface area contributed by atoms with Gasteiger partial charge in [-0.2, -0.15) is 11.8 Å². The summed E-state index contributed by atoms with van der Waals surface area (Å²) in [5, 5.41) is 8.79. The van der Waals surface area contributed by atoms with Gasteiger partial charge in [-0.25, -0.2) is 4.68 Å². The van der Waals surface area contributed by atoms with Crippen molar-refractivity contribution in [1.29, 1.82) is 0 Å². The summed E-state index contributed by atoms with van der Waals surface area (Å²) in [5.41, 5.74) is 0.967. The second kappa shape index (κ2) is 6.61. The van der Waals surface area contributed by atoms with Crippen LogP contribution in [-0.2, 0) is 16.6 Å². The van der Waals surface area contributed by atoms with Crippen molar-refractivity contribution in [2.75, 3.05) is 18.1 Å². The van der Waals surface area contributed by atoms with Gasteiger partial charge in [0.05, 0.1) is 24.9 Å². The molecular weight excluding hydrogens is 290 g/mol. The van der Waals surface area contributed by atoms with E-state index in [9.17, 15) is 0 Å². The fourth-order valence-electron chi connectivity index (χ4n) is 1.66. The lowest BCUT2D eigenvalue weighted by atomic mass is 10.2. The number of ether oxygens (including phenoxy) is 1. The summed E-state index contributed by atoms with van der Waals surface area (Å²) < 4.78 is 7.66. The molecule has 0 amide bonds. The van der Waals surface area contributed by atoms with Gasteiger partial charge in [-0.3, -0.25) is 0 Å². The molecule has 4 nitrogen and oxygen atoms in total. The second-order valence-corrected chi connectivity index (χ2v) is 5.57. The van der Waals surface area contributed by atoms with Crippen LogP contribution in [0.1, 0.15) is 18.5 Å². The molecule has 1 aromatic heterocycles. The molecule has 2 heterocycles. The van der Waals surface area contributed by atoms with Crippen LogP contribution in [0, 0.1) is 0 Å². The minimum Gasteiger partial charge on any atom is -0.376 e. The lowest BCUT2D eigenvalue weighted by molar-refractivity contribution is 0.0413. The Kier molecular flexibility index (Phi) is 5.12. The molecule has 0 unspecified atom stereocenters. The number of hydrogen-bond donors (Lipinski definition) is 0. The Hall–Kier alpha value is -0.0700. The smallest absolute Gasteiger partial charge is 0.0932 e. The molecule has 1 saturated heterocycles. The SMILES string of the molecule is BrCc1cn(CCOC2CCSCC2)nn1. The summed E-state index contributed by atoms with van der Waals surface area (Å²) in [5.74, 6) is 2.48. The van der Waals surface area contributed by atoms with Crippen molar-refractivity contribution in [3.05, 3.63) is 11.9 Å². The highest BCUT2D eigenvalue weighted by Gasteiger charge is 2.13. The van der Waals surface area contributed by atoms with Gasteiger partial charge in [0, 0.05) is 11.5 Å². The first-order valence-electron chi connectivity index (χ1n) is 5.53. The molecule has 0 aromatic carbocycles. The molecule has 1 aromatic rings. The molecule has 16 heavy (non-hydrogen) atoms. The molecule has 90 valence electrons. The van der Waals surface area contributed by atoms with Gasteiger partial charge in [-0.1, -0.05) is 21.1 Å². The van der Waals surface area contributed by atoms with Crippen LogP contribution in [0.4, 0.5) is 0 Å². The molecule has 0 bridgehead atoms. The summed E-state index contributed by atoms with van der Waals surface area (Å²) in [7, 11) is 0. The number of hydrogen-bond acceptors (Lipinski definition) is 4. The molecule has 1 aliphatic heterocycles. The van der Waals surface area contributed by atoms with Crippen molar-refractivity contribution in [3.63, 3.8) is 0 Å². The van der Waals surface area contributed by atoms with Gasteiger partial charge in [0.2, 0.25) is 0 Å².